The summed E-state index contributed by atoms with van der Waals surface area (Å²) in [6.45, 7) is 6.12. The molecule has 12 atom stereocenters. The number of rotatable bonds is 41. The molecule has 116 heavy (non-hydrogen) atoms. The van der Waals surface area contributed by atoms with Gasteiger partial charge in [0.15, 0.2) is 0 Å². The van der Waals surface area contributed by atoms with Gasteiger partial charge in [0.1, 0.15) is 77.8 Å². The zero-order valence-corrected chi connectivity index (χ0v) is 66.4. The molecule has 1 fully saturated rings. The minimum Gasteiger partial charge on any atom is -0.492 e. The average Bonchev–Trinajstić information content (AvgIpc) is 0.945. The van der Waals surface area contributed by atoms with Crippen molar-refractivity contribution < 1.29 is 91.4 Å². The van der Waals surface area contributed by atoms with Gasteiger partial charge in [-0.1, -0.05) is 60.7 Å². The maximum Gasteiger partial charge on any atom is 0.246 e. The van der Waals surface area contributed by atoms with Gasteiger partial charge in [-0.2, -0.15) is 11.8 Å². The summed E-state index contributed by atoms with van der Waals surface area (Å²) in [5.74, 6) is -16.7. The number of H-pyrrole nitrogens is 1. The van der Waals surface area contributed by atoms with Gasteiger partial charge in [-0.3, -0.25) is 81.5 Å². The largest absolute Gasteiger partial charge is 0.492 e. The average molecular weight is 1640 g/mol. The number of carbonyl (C=O) groups excluding carboxylic acids is 17. The molecule has 17 amide bonds. The fourth-order valence-electron chi connectivity index (χ4n) is 12.4. The van der Waals surface area contributed by atoms with E-state index in [4.69, 9.17) is 39.1 Å². The molecule has 634 valence electrons. The molecule has 27 N–H and O–H groups in total. The predicted octanol–water partition coefficient (Wildman–Crippen LogP) is -5.37. The van der Waals surface area contributed by atoms with E-state index in [1.165, 1.54) is 20.8 Å². The second kappa shape index (κ2) is 47.2. The first-order chi connectivity index (χ1) is 54.9. The molecule has 5 rings (SSSR count). The van der Waals surface area contributed by atoms with Crippen LogP contribution in [0.2, 0.25) is 0 Å². The Kier molecular flexibility index (Phi) is 38.5. The smallest absolute Gasteiger partial charge is 0.246 e. The molecule has 0 radical (unpaired) electrons. The van der Waals surface area contributed by atoms with Crippen LogP contribution in [0.25, 0.3) is 10.9 Å². The summed E-state index contributed by atoms with van der Waals surface area (Å²) < 4.78 is 5.72. The number of hydrogen-bond donors (Lipinski definition) is 21. The Labute approximate surface area is 674 Å². The highest BCUT2D eigenvalue weighted by molar-refractivity contribution is 7.99. The van der Waals surface area contributed by atoms with Crippen LogP contribution in [0.5, 0.6) is 5.75 Å². The van der Waals surface area contributed by atoms with E-state index in [0.29, 0.717) is 39.8 Å². The number of aromatic amines is 1. The monoisotopic (exact) mass is 1640 g/mol. The molecule has 3 aromatic carbocycles. The molecule has 39 nitrogen and oxygen atoms in total. The first kappa shape index (κ1) is 94.8. The maximum atomic E-state index is 15.7. The molecule has 0 unspecified atom stereocenters. The number of carbonyl (C=O) groups is 17. The molecule has 4 aromatic rings. The van der Waals surface area contributed by atoms with Crippen LogP contribution in [0.4, 0.5) is 0 Å². The highest BCUT2D eigenvalue weighted by Gasteiger charge is 2.45. The molecule has 1 aliphatic rings. The number of para-hydroxylation sites is 1. The van der Waals surface area contributed by atoms with Crippen molar-refractivity contribution in [3.63, 3.8) is 0 Å². The number of amides is 17. The van der Waals surface area contributed by atoms with Crippen LogP contribution < -0.4 is 108 Å². The Morgan fingerprint density at radius 1 is 0.595 bits per heavy atom. The number of hydrogen-bond acceptors (Lipinski definition) is 22. The Hall–Kier alpha value is -11.8. The third-order valence-corrected chi connectivity index (χ3v) is 19.8. The molecular weight excluding hydrogens is 1530 g/mol. The number of aliphatic hydroxyl groups excluding tert-OH is 1. The lowest BCUT2D eigenvalue weighted by molar-refractivity contribution is -0.140. The molecule has 40 heteroatoms. The number of nitrogens with two attached hydrogens (primary N) is 6. The lowest BCUT2D eigenvalue weighted by atomic mass is 9.87. The zero-order valence-electron chi connectivity index (χ0n) is 65.6. The van der Waals surface area contributed by atoms with Crippen molar-refractivity contribution >= 4 is 123 Å². The van der Waals surface area contributed by atoms with Crippen molar-refractivity contribution in [1.82, 2.24) is 74.1 Å². The van der Waals surface area contributed by atoms with Gasteiger partial charge in [0, 0.05) is 81.9 Å². The van der Waals surface area contributed by atoms with E-state index < -0.39 is 210 Å². The molecule has 2 heterocycles. The van der Waals surface area contributed by atoms with Gasteiger partial charge >= 0.3 is 0 Å². The topological polar surface area (TPSA) is 648 Å². The molecule has 1 aliphatic heterocycles. The fourth-order valence-corrected chi connectivity index (χ4v) is 13.4. The van der Waals surface area contributed by atoms with Crippen molar-refractivity contribution in [1.29, 1.82) is 0 Å². The van der Waals surface area contributed by atoms with Gasteiger partial charge in [-0.05, 0) is 126 Å². The van der Waals surface area contributed by atoms with Gasteiger partial charge in [-0.25, -0.2) is 0 Å². The van der Waals surface area contributed by atoms with Crippen molar-refractivity contribution in [2.45, 2.75) is 202 Å². The summed E-state index contributed by atoms with van der Waals surface area (Å²) in [7, 11) is 0. The first-order valence-electron chi connectivity index (χ1n) is 37.9. The zero-order chi connectivity index (χ0) is 85.8. The number of benzene rings is 3. The number of unbranched alkanes of at least 4 members (excludes halogenated alkanes) is 2. The van der Waals surface area contributed by atoms with Crippen LogP contribution in [-0.2, 0) is 101 Å². The van der Waals surface area contributed by atoms with Crippen LogP contribution in [0.1, 0.15) is 128 Å². The molecule has 1 aromatic heterocycles. The Morgan fingerprint density at radius 2 is 1.22 bits per heavy atom. The van der Waals surface area contributed by atoms with Gasteiger partial charge < -0.3 is 118 Å². The molecular formula is C76H110N20O19S. The minimum absolute atomic E-state index is 0.121. The summed E-state index contributed by atoms with van der Waals surface area (Å²) in [5, 5.41) is 45.2. The molecule has 0 aliphatic carbocycles. The summed E-state index contributed by atoms with van der Waals surface area (Å²) >= 11 is 0.927. The maximum absolute atomic E-state index is 15.7. The lowest BCUT2D eigenvalue weighted by Gasteiger charge is -2.37. The van der Waals surface area contributed by atoms with Crippen LogP contribution in [0, 0.1) is 0 Å². The van der Waals surface area contributed by atoms with E-state index in [0.717, 1.165) is 25.6 Å². The lowest BCUT2D eigenvalue weighted by Crippen LogP contribution is -2.68. The van der Waals surface area contributed by atoms with Gasteiger partial charge in [0.25, 0.3) is 0 Å². The number of fused-ring (bicyclic) bond motifs is 1. The van der Waals surface area contributed by atoms with E-state index in [-0.39, 0.29) is 95.7 Å². The Bertz CT molecular complexity index is 4120. The van der Waals surface area contributed by atoms with Crippen LogP contribution in [0.15, 0.2) is 85.1 Å². The van der Waals surface area contributed by atoms with Crippen LogP contribution in [-0.4, -0.2) is 226 Å². The third-order valence-electron chi connectivity index (χ3n) is 18.7. The second-order valence-corrected chi connectivity index (χ2v) is 29.8. The Balaban J connectivity index is 1.65. The summed E-state index contributed by atoms with van der Waals surface area (Å²) in [4.78, 5) is 239. The van der Waals surface area contributed by atoms with E-state index in [1.807, 2.05) is 0 Å². The van der Waals surface area contributed by atoms with E-state index in [1.54, 1.807) is 85.1 Å². The molecule has 0 saturated carbocycles. The predicted molar refractivity (Wildman–Crippen MR) is 425 cm³/mol. The number of aliphatic hydroxyl groups is 1. The normalized spacial score (nSPS) is 19.2. The van der Waals surface area contributed by atoms with E-state index in [9.17, 15) is 57.8 Å². The van der Waals surface area contributed by atoms with Crippen molar-refractivity contribution in [2.24, 2.45) is 34.4 Å². The molecule has 1 saturated heterocycles. The number of aromatic nitrogens is 1. The standard InChI is InChI=1S/C76H110N20O19S/c1-42(97)63-72(112)91-56(36-47-39-84-50-18-10-9-17-49(47)50)69(109)88-52(24-26-59(79)100)66(106)92-58(41-116-34-28-54(86-44(3)99)67(107)87-53(68(108)94-63)25-27-60(80)101)70(110)89-55(35-45-20-22-48(23-21-45)115-33-31-78)71(111)95-76(5,38-46-15-7-6-8-16-46)74(114)96-75(4,29-12-13-30-77)73(113)93-51(19-11-14-32-83-43(2)98)65(105)90-57(37-61(81)102)64(104)85-40-62(82)103/h6-10,15-18,20-23,39,42,51-58,63,84,97H,11-14,19,24-38,40-41,77-78H2,1-5H3,(H2,79,100)(H2,80,101)(H2,81,102)(H2,82,103)(H,83,98)(H,85,104)(H,86,99)(H,87,107)(H,88,109)(H,89,110)(H,90,105)(H,91,112)(H,92,106)(H,93,113)(H,94,108)(H,95,111)(H,96,114)/t42-,51+,52+,53+,54+,55+,56+,57+,58+,63+,75+,76+/m1/s1. The third kappa shape index (κ3) is 31.9. The number of thioether (sulfide) groups is 1. The minimum atomic E-state index is -2.13. The van der Waals surface area contributed by atoms with Crippen molar-refractivity contribution in [2.75, 3.05) is 44.3 Å². The van der Waals surface area contributed by atoms with E-state index >= 15 is 28.8 Å². The second-order valence-electron chi connectivity index (χ2n) is 28.6. The highest BCUT2D eigenvalue weighted by Crippen LogP contribution is 2.24. The van der Waals surface area contributed by atoms with Gasteiger partial charge in [-0.15, -0.1) is 0 Å². The van der Waals surface area contributed by atoms with E-state index in [2.05, 4.69) is 74.1 Å². The SMILES string of the molecule is CC(=O)NCCCC[C@H](NC(=O)[C@](C)(CCCCN)NC(=O)[C@](C)(Cc1ccccc1)NC(=O)[C@H](Cc1ccc(OCCN)cc1)NC(=O)[C@@H]1CSCC[C@H](NC(C)=O)C(=O)N[C@@H](CCC(N)=O)C(=O)N[C@@H]([C@@H](C)O)C(=O)N[C@@H](Cc2c[nH]c3ccccc23)C(=O)N[C@@H](CCC(N)=O)C(=O)N1)C(=O)N[C@@H](CC(N)=O)C(=O)NCC(N)=O. The molecule has 0 spiro atoms. The number of nitrogens with one attached hydrogen (secondary N) is 14. The first-order valence-corrected chi connectivity index (χ1v) is 39.1. The summed E-state index contributed by atoms with van der Waals surface area (Å²) in [5.41, 5.74) is 31.2. The summed E-state index contributed by atoms with van der Waals surface area (Å²) in [6, 6.07) is 6.30. The fraction of sp³-hybridized carbons (Fsp3) is 0.513. The van der Waals surface area contributed by atoms with Crippen LogP contribution >= 0.6 is 11.8 Å². The van der Waals surface area contributed by atoms with Gasteiger partial charge in [0.05, 0.1) is 19.1 Å². The van der Waals surface area contributed by atoms with Crippen molar-refractivity contribution in [3.8, 4) is 5.75 Å². The number of ether oxygens (including phenoxy) is 1. The molecule has 0 bridgehead atoms. The Morgan fingerprint density at radius 3 is 1.84 bits per heavy atom. The van der Waals surface area contributed by atoms with Gasteiger partial charge in [0.2, 0.25) is 100 Å². The quantitative estimate of drug-likeness (QED) is 0.0185. The highest BCUT2D eigenvalue weighted by atomic mass is 32.2. The van der Waals surface area contributed by atoms with Crippen LogP contribution in [0.3, 0.4) is 0 Å². The number of primary amides is 4. The van der Waals surface area contributed by atoms with Crippen molar-refractivity contribution in [3.05, 3.63) is 102 Å². The summed E-state index contributed by atoms with van der Waals surface area (Å²) in [6.07, 6.45) is -3.67.